The minimum atomic E-state index is 0.914. The van der Waals surface area contributed by atoms with Gasteiger partial charge in [0, 0.05) is 0 Å². The van der Waals surface area contributed by atoms with Crippen molar-refractivity contribution in [2.24, 2.45) is 0 Å². The van der Waals surface area contributed by atoms with Crippen LogP contribution in [0.25, 0.3) is 6.08 Å². The average Bonchev–Trinajstić information content (AvgIpc) is 2.49. The van der Waals surface area contributed by atoms with Crippen molar-refractivity contribution in [1.82, 2.24) is 0 Å². The third kappa shape index (κ3) is 3.24. The van der Waals surface area contributed by atoms with E-state index < -0.39 is 0 Å². The van der Waals surface area contributed by atoms with E-state index in [9.17, 15) is 0 Å². The quantitative estimate of drug-likeness (QED) is 0.616. The molecule has 1 heterocycles. The van der Waals surface area contributed by atoms with E-state index in [1.54, 1.807) is 6.26 Å². The van der Waals surface area contributed by atoms with Crippen molar-refractivity contribution < 1.29 is 4.42 Å². The molecule has 0 amide bonds. The molecule has 0 aliphatic carbocycles. The molecule has 1 aromatic heterocycles. The van der Waals surface area contributed by atoms with E-state index in [1.807, 2.05) is 25.1 Å². The first-order chi connectivity index (χ1) is 5.79. The van der Waals surface area contributed by atoms with E-state index in [1.165, 1.54) is 5.57 Å². The Morgan fingerprint density at radius 1 is 1.67 bits per heavy atom. The SMILES string of the molecule is C=C(C)CC/C=C/c1ccco1. The number of hydrogen-bond donors (Lipinski definition) is 0. The van der Waals surface area contributed by atoms with Gasteiger partial charge in [0.15, 0.2) is 0 Å². The van der Waals surface area contributed by atoms with E-state index in [4.69, 9.17) is 4.42 Å². The van der Waals surface area contributed by atoms with Gasteiger partial charge in [0.05, 0.1) is 6.26 Å². The summed E-state index contributed by atoms with van der Waals surface area (Å²) in [6, 6.07) is 3.83. The predicted molar refractivity (Wildman–Crippen MR) is 51.8 cm³/mol. The van der Waals surface area contributed by atoms with Crippen LogP contribution in [0.5, 0.6) is 0 Å². The molecule has 0 aromatic carbocycles. The van der Waals surface area contributed by atoms with Gasteiger partial charge < -0.3 is 4.42 Å². The van der Waals surface area contributed by atoms with Crippen molar-refractivity contribution in [2.75, 3.05) is 0 Å². The van der Waals surface area contributed by atoms with Gasteiger partial charge in [-0.25, -0.2) is 0 Å². The van der Waals surface area contributed by atoms with Crippen molar-refractivity contribution in [1.29, 1.82) is 0 Å². The number of rotatable bonds is 4. The van der Waals surface area contributed by atoms with Gasteiger partial charge in [-0.2, -0.15) is 0 Å². The zero-order chi connectivity index (χ0) is 8.81. The third-order valence-electron chi connectivity index (χ3n) is 1.56. The van der Waals surface area contributed by atoms with Crippen molar-refractivity contribution in [3.05, 3.63) is 42.4 Å². The normalized spacial score (nSPS) is 10.8. The Hall–Kier alpha value is -1.24. The molecule has 0 saturated heterocycles. The fourth-order valence-electron chi connectivity index (χ4n) is 0.915. The van der Waals surface area contributed by atoms with Gasteiger partial charge in [0.25, 0.3) is 0 Å². The summed E-state index contributed by atoms with van der Waals surface area (Å²) < 4.78 is 5.13. The van der Waals surface area contributed by atoms with Crippen LogP contribution in [0.15, 0.2) is 41.0 Å². The van der Waals surface area contributed by atoms with Gasteiger partial charge in [-0.05, 0) is 38.0 Å². The van der Waals surface area contributed by atoms with Crippen LogP contribution in [0, 0.1) is 0 Å². The molecule has 12 heavy (non-hydrogen) atoms. The van der Waals surface area contributed by atoms with Gasteiger partial charge in [-0.15, -0.1) is 6.58 Å². The summed E-state index contributed by atoms with van der Waals surface area (Å²) >= 11 is 0. The lowest BCUT2D eigenvalue weighted by Crippen LogP contribution is -1.71. The minimum Gasteiger partial charge on any atom is -0.465 e. The van der Waals surface area contributed by atoms with Crippen LogP contribution in [0.4, 0.5) is 0 Å². The van der Waals surface area contributed by atoms with Gasteiger partial charge in [0.2, 0.25) is 0 Å². The van der Waals surface area contributed by atoms with Crippen LogP contribution in [0.2, 0.25) is 0 Å². The maximum atomic E-state index is 5.13. The first kappa shape index (κ1) is 8.85. The fourth-order valence-corrected chi connectivity index (χ4v) is 0.915. The molecule has 1 nitrogen and oxygen atoms in total. The second-order valence-electron chi connectivity index (χ2n) is 2.91. The summed E-state index contributed by atoms with van der Waals surface area (Å²) in [4.78, 5) is 0. The third-order valence-corrected chi connectivity index (χ3v) is 1.56. The molecule has 0 N–H and O–H groups in total. The molecule has 1 rings (SSSR count). The van der Waals surface area contributed by atoms with E-state index in [0.717, 1.165) is 18.6 Å². The highest BCUT2D eigenvalue weighted by Crippen LogP contribution is 2.06. The highest BCUT2D eigenvalue weighted by Gasteiger charge is 1.86. The highest BCUT2D eigenvalue weighted by molar-refractivity contribution is 5.41. The lowest BCUT2D eigenvalue weighted by atomic mass is 10.2. The van der Waals surface area contributed by atoms with Crippen LogP contribution < -0.4 is 0 Å². The Balaban J connectivity index is 2.27. The van der Waals surface area contributed by atoms with Crippen LogP contribution in [0.3, 0.4) is 0 Å². The monoisotopic (exact) mass is 162 g/mol. The van der Waals surface area contributed by atoms with E-state index >= 15 is 0 Å². The molecular formula is C11H14O. The molecule has 0 spiro atoms. The van der Waals surface area contributed by atoms with Crippen molar-refractivity contribution in [2.45, 2.75) is 19.8 Å². The number of allylic oxidation sites excluding steroid dienone is 2. The Bertz CT molecular complexity index is 255. The minimum absolute atomic E-state index is 0.914. The molecule has 0 unspecified atom stereocenters. The summed E-state index contributed by atoms with van der Waals surface area (Å²) in [7, 11) is 0. The number of furan rings is 1. The largest absolute Gasteiger partial charge is 0.465 e. The molecule has 1 heteroatoms. The van der Waals surface area contributed by atoms with Gasteiger partial charge >= 0.3 is 0 Å². The summed E-state index contributed by atoms with van der Waals surface area (Å²) in [6.07, 6.45) is 7.86. The Morgan fingerprint density at radius 2 is 2.50 bits per heavy atom. The summed E-state index contributed by atoms with van der Waals surface area (Å²) in [5.41, 5.74) is 1.22. The zero-order valence-electron chi connectivity index (χ0n) is 7.42. The molecule has 0 aliphatic rings. The predicted octanol–water partition coefficient (Wildman–Crippen LogP) is 3.65. The molecule has 0 saturated carbocycles. The van der Waals surface area contributed by atoms with Gasteiger partial charge in [-0.3, -0.25) is 0 Å². The second kappa shape index (κ2) is 4.60. The summed E-state index contributed by atoms with van der Waals surface area (Å²) in [6.45, 7) is 5.87. The Morgan fingerprint density at radius 3 is 3.08 bits per heavy atom. The fraction of sp³-hybridized carbons (Fsp3) is 0.273. The first-order valence-corrected chi connectivity index (χ1v) is 4.13. The Labute approximate surface area is 73.4 Å². The van der Waals surface area contributed by atoms with Crippen molar-refractivity contribution in [3.8, 4) is 0 Å². The van der Waals surface area contributed by atoms with Crippen molar-refractivity contribution in [3.63, 3.8) is 0 Å². The van der Waals surface area contributed by atoms with Crippen LogP contribution in [-0.2, 0) is 0 Å². The lowest BCUT2D eigenvalue weighted by Gasteiger charge is -1.91. The smallest absolute Gasteiger partial charge is 0.126 e. The first-order valence-electron chi connectivity index (χ1n) is 4.13. The molecule has 0 fully saturated rings. The maximum absolute atomic E-state index is 5.13. The lowest BCUT2D eigenvalue weighted by molar-refractivity contribution is 0.557. The second-order valence-corrected chi connectivity index (χ2v) is 2.91. The molecule has 0 bridgehead atoms. The van der Waals surface area contributed by atoms with E-state index in [0.29, 0.717) is 0 Å². The molecule has 0 aliphatic heterocycles. The summed E-state index contributed by atoms with van der Waals surface area (Å²) in [5.74, 6) is 0.914. The van der Waals surface area contributed by atoms with Crippen LogP contribution in [0.1, 0.15) is 25.5 Å². The van der Waals surface area contributed by atoms with Gasteiger partial charge in [0.1, 0.15) is 5.76 Å². The standard InChI is InChI=1S/C11H14O/c1-10(2)6-3-4-7-11-8-5-9-12-11/h4-5,7-9H,1,3,6H2,2H3/b7-4+. The van der Waals surface area contributed by atoms with E-state index in [-0.39, 0.29) is 0 Å². The highest BCUT2D eigenvalue weighted by atomic mass is 16.3. The summed E-state index contributed by atoms with van der Waals surface area (Å²) in [5, 5.41) is 0. The molecule has 64 valence electrons. The van der Waals surface area contributed by atoms with Crippen LogP contribution >= 0.6 is 0 Å². The number of hydrogen-bond acceptors (Lipinski definition) is 1. The van der Waals surface area contributed by atoms with E-state index in [2.05, 4.69) is 12.7 Å². The Kier molecular flexibility index (Phi) is 3.39. The molecule has 1 aromatic rings. The molecule has 0 radical (unpaired) electrons. The molecule has 0 atom stereocenters. The average molecular weight is 162 g/mol. The van der Waals surface area contributed by atoms with Gasteiger partial charge in [-0.1, -0.05) is 11.6 Å². The zero-order valence-corrected chi connectivity index (χ0v) is 7.42. The maximum Gasteiger partial charge on any atom is 0.126 e. The topological polar surface area (TPSA) is 13.1 Å². The molecular weight excluding hydrogens is 148 g/mol. The van der Waals surface area contributed by atoms with Crippen LogP contribution in [-0.4, -0.2) is 0 Å². The van der Waals surface area contributed by atoms with Crippen molar-refractivity contribution >= 4 is 6.08 Å².